The van der Waals surface area contributed by atoms with Crippen molar-refractivity contribution in [1.29, 1.82) is 0 Å². The van der Waals surface area contributed by atoms with Crippen LogP contribution >= 0.6 is 11.8 Å². The number of nitrogens with one attached hydrogen (secondary N) is 3. The molecule has 0 aliphatic carbocycles. The third-order valence-corrected chi connectivity index (χ3v) is 12.9. The minimum absolute atomic E-state index is 0.0212. The molecule has 14 nitrogen and oxygen atoms in total. The number of sulfonamides is 1. The number of amides is 4. The van der Waals surface area contributed by atoms with E-state index in [0.29, 0.717) is 50.0 Å². The van der Waals surface area contributed by atoms with Crippen molar-refractivity contribution in [3.8, 4) is 0 Å². The second-order valence-corrected chi connectivity index (χ2v) is 17.9. The number of nitrogens with two attached hydrogens (primary N) is 1. The zero-order valence-electron chi connectivity index (χ0n) is 30.2. The molecule has 1 fully saturated rings. The van der Waals surface area contributed by atoms with E-state index < -0.39 is 76.6 Å². The monoisotopic (exact) mass is 838 g/mol. The van der Waals surface area contributed by atoms with E-state index in [0.717, 1.165) is 34.8 Å². The molecule has 2 atom stereocenters. The van der Waals surface area contributed by atoms with Gasteiger partial charge in [-0.1, -0.05) is 30.7 Å². The molecule has 4 amide bonds. The first-order valence-corrected chi connectivity index (χ1v) is 21.6. The second-order valence-electron chi connectivity index (χ2n) is 13.4. The first-order chi connectivity index (χ1) is 26.4. The third-order valence-electron chi connectivity index (χ3n) is 9.29. The number of primary sulfonamides is 1. The molecule has 3 aromatic carbocycles. The molecule has 0 bridgehead atoms. The zero-order valence-corrected chi connectivity index (χ0v) is 32.6. The van der Waals surface area contributed by atoms with E-state index in [4.69, 9.17) is 5.14 Å². The molecule has 0 aromatic heterocycles. The number of anilines is 2. The Morgan fingerprint density at radius 3 is 2.34 bits per heavy atom. The summed E-state index contributed by atoms with van der Waals surface area (Å²) in [6, 6.07) is 14.8. The first kappa shape index (κ1) is 42.6. The van der Waals surface area contributed by atoms with Gasteiger partial charge in [0.15, 0.2) is 0 Å². The van der Waals surface area contributed by atoms with Gasteiger partial charge < -0.3 is 15.5 Å². The molecular weight excluding hydrogens is 798 g/mol. The number of hydrogen-bond donors (Lipinski definition) is 4. The quantitative estimate of drug-likeness (QED) is 0.0809. The minimum atomic E-state index is -5.95. The second kappa shape index (κ2) is 17.7. The van der Waals surface area contributed by atoms with Crippen LogP contribution in [0.25, 0.3) is 0 Å². The molecule has 2 aliphatic rings. The van der Waals surface area contributed by atoms with Crippen molar-refractivity contribution in [2.75, 3.05) is 43.1 Å². The van der Waals surface area contributed by atoms with Gasteiger partial charge in [-0.3, -0.25) is 29.4 Å². The number of piperidine rings is 1. The van der Waals surface area contributed by atoms with Crippen LogP contribution in [0.3, 0.4) is 0 Å². The van der Waals surface area contributed by atoms with Crippen molar-refractivity contribution >= 4 is 66.6 Å². The summed E-state index contributed by atoms with van der Waals surface area (Å²) < 4.78 is 90.0. The topological polar surface area (TPSA) is 205 Å². The summed E-state index contributed by atoms with van der Waals surface area (Å²) in [6.07, 6.45) is 2.73. The van der Waals surface area contributed by atoms with Gasteiger partial charge in [0.1, 0.15) is 10.9 Å². The molecule has 5 rings (SSSR count). The molecule has 2 heterocycles. The van der Waals surface area contributed by atoms with Crippen LogP contribution < -0.4 is 21.1 Å². The van der Waals surface area contributed by atoms with Crippen molar-refractivity contribution in [2.45, 2.75) is 70.8 Å². The predicted molar refractivity (Wildman–Crippen MR) is 203 cm³/mol. The number of nitrogens with zero attached hydrogens (tertiary/aromatic N) is 2. The summed E-state index contributed by atoms with van der Waals surface area (Å²) >= 11 is 1.42. The van der Waals surface area contributed by atoms with E-state index in [1.165, 1.54) is 17.8 Å². The van der Waals surface area contributed by atoms with Crippen molar-refractivity contribution in [1.82, 2.24) is 15.1 Å². The number of unbranched alkanes of at least 4 members (excludes halogenated alkanes) is 2. The molecule has 5 N–H and O–H groups in total. The number of alkyl halides is 3. The Hall–Kier alpha value is -4.50. The van der Waals surface area contributed by atoms with E-state index in [1.807, 2.05) is 42.3 Å². The highest BCUT2D eigenvalue weighted by atomic mass is 32.2. The number of halogens is 3. The maximum absolute atomic E-state index is 13.7. The molecule has 0 spiro atoms. The van der Waals surface area contributed by atoms with E-state index >= 15 is 0 Å². The van der Waals surface area contributed by atoms with Gasteiger partial charge in [0.05, 0.1) is 21.7 Å². The van der Waals surface area contributed by atoms with Gasteiger partial charge in [-0.15, -0.1) is 11.8 Å². The molecule has 3 aromatic rings. The van der Waals surface area contributed by atoms with Gasteiger partial charge >= 0.3 is 5.51 Å². The number of imide groups is 2. The Morgan fingerprint density at radius 2 is 1.66 bits per heavy atom. The first-order valence-electron chi connectivity index (χ1n) is 17.6. The Bertz CT molecular complexity index is 2190. The molecule has 0 radical (unpaired) electrons. The largest absolute Gasteiger partial charge is 0.501 e. The summed E-state index contributed by atoms with van der Waals surface area (Å²) in [4.78, 5) is 52.2. The number of carbonyl (C=O) groups is 4. The molecule has 302 valence electrons. The number of hydrogen-bond acceptors (Lipinski definition) is 12. The fourth-order valence-corrected chi connectivity index (χ4v) is 8.89. The van der Waals surface area contributed by atoms with Crippen LogP contribution in [0.2, 0.25) is 0 Å². The molecule has 0 saturated carbocycles. The molecule has 56 heavy (non-hydrogen) atoms. The lowest BCUT2D eigenvalue weighted by Crippen LogP contribution is -2.54. The summed E-state index contributed by atoms with van der Waals surface area (Å²) in [7, 11) is -8.59. The van der Waals surface area contributed by atoms with Crippen LogP contribution in [0.1, 0.15) is 59.2 Å². The van der Waals surface area contributed by atoms with Gasteiger partial charge in [0, 0.05) is 35.3 Å². The van der Waals surface area contributed by atoms with Crippen LogP contribution in [-0.4, -0.2) is 100 Å². The van der Waals surface area contributed by atoms with Gasteiger partial charge in [-0.25, -0.2) is 22.0 Å². The van der Waals surface area contributed by atoms with E-state index in [1.54, 1.807) is 12.1 Å². The lowest BCUT2D eigenvalue weighted by Gasteiger charge is -2.27. The molecule has 1 unspecified atom stereocenters. The van der Waals surface area contributed by atoms with Crippen LogP contribution in [0.4, 0.5) is 24.5 Å². The minimum Gasteiger partial charge on any atom is -0.384 e. The smallest absolute Gasteiger partial charge is 0.384 e. The molecule has 1 saturated heterocycles. The lowest BCUT2D eigenvalue weighted by atomic mass is 10.0. The highest BCUT2D eigenvalue weighted by molar-refractivity contribution is 7.99. The summed E-state index contributed by atoms with van der Waals surface area (Å²) in [6.45, 7) is 1.62. The Morgan fingerprint density at radius 1 is 0.929 bits per heavy atom. The maximum atomic E-state index is 13.7. The van der Waals surface area contributed by atoms with Crippen LogP contribution in [0.15, 0.2) is 81.4 Å². The Kier molecular flexibility index (Phi) is 13.5. The summed E-state index contributed by atoms with van der Waals surface area (Å²) in [5.41, 5.74) is -5.27. The van der Waals surface area contributed by atoms with E-state index in [2.05, 4.69) is 16.0 Å². The van der Waals surface area contributed by atoms with Crippen LogP contribution in [-0.2, 0) is 29.4 Å². The SMILES string of the molecule is CN(CCCCCNc1cccc2c1C(=O)N(C1CCC(=O)NC1=O)C2=O)CC[C@H](CSc1ccccc1)Nc1ccc(S(N)(=O)=O)cc1S(=O)(=O)C(F)(F)F. The number of thioether (sulfide) groups is 1. The van der Waals surface area contributed by atoms with Crippen LogP contribution in [0.5, 0.6) is 0 Å². The lowest BCUT2D eigenvalue weighted by molar-refractivity contribution is -0.136. The van der Waals surface area contributed by atoms with Gasteiger partial charge in [0.25, 0.3) is 21.7 Å². The highest BCUT2D eigenvalue weighted by Gasteiger charge is 2.49. The molecule has 20 heteroatoms. The van der Waals surface area contributed by atoms with Crippen molar-refractivity contribution in [3.05, 3.63) is 77.9 Å². The fraction of sp³-hybridized carbons (Fsp3) is 0.389. The molecular formula is C36H41F3N6O8S3. The number of benzene rings is 3. The Labute approximate surface area is 326 Å². The maximum Gasteiger partial charge on any atom is 0.501 e. The number of fused-ring (bicyclic) bond motifs is 1. The number of sulfone groups is 1. The normalized spacial score (nSPS) is 16.9. The van der Waals surface area contributed by atoms with Crippen molar-refractivity contribution < 1.29 is 49.2 Å². The van der Waals surface area contributed by atoms with Crippen molar-refractivity contribution in [2.24, 2.45) is 5.14 Å². The fourth-order valence-electron chi connectivity index (χ4n) is 6.33. The number of carbonyl (C=O) groups excluding carboxylic acids is 4. The summed E-state index contributed by atoms with van der Waals surface area (Å²) in [5, 5.41) is 13.4. The third kappa shape index (κ3) is 10.1. The average Bonchev–Trinajstić information content (AvgIpc) is 3.39. The highest BCUT2D eigenvalue weighted by Crippen LogP contribution is 2.37. The van der Waals surface area contributed by atoms with Crippen LogP contribution in [0, 0.1) is 0 Å². The number of rotatable bonds is 18. The van der Waals surface area contributed by atoms with E-state index in [-0.39, 0.29) is 24.0 Å². The van der Waals surface area contributed by atoms with Gasteiger partial charge in [-0.05, 0) is 88.3 Å². The predicted octanol–water partition coefficient (Wildman–Crippen LogP) is 4.21. The van der Waals surface area contributed by atoms with Crippen molar-refractivity contribution in [3.63, 3.8) is 0 Å². The average molecular weight is 839 g/mol. The summed E-state index contributed by atoms with van der Waals surface area (Å²) in [5.74, 6) is -1.99. The van der Waals surface area contributed by atoms with Gasteiger partial charge in [-0.2, -0.15) is 13.2 Å². The van der Waals surface area contributed by atoms with Gasteiger partial charge in [0.2, 0.25) is 21.8 Å². The Balaban J connectivity index is 1.16. The standard InChI is InChI=1S/C36H41F3N6O8S3/c1-44(19-7-3-6-18-41-28-12-8-11-26-32(28)35(49)45(34(26)48)29-15-16-31(46)43-33(29)47)20-17-23(22-54-24-9-4-2-5-10-24)42-27-14-13-25(56(40,52)53)21-30(27)55(50,51)36(37,38)39/h2,4-5,8-14,21,23,29,41-42H,3,6-7,15-20,22H2,1H3,(H2,40,52,53)(H,43,46,47)/t23-,29?/m1/s1. The zero-order chi connectivity index (χ0) is 40.8. The van der Waals surface area contributed by atoms with E-state index in [9.17, 15) is 49.2 Å². The molecule has 2 aliphatic heterocycles.